The van der Waals surface area contributed by atoms with Crippen LogP contribution >= 0.6 is 0 Å². The number of hydrogen-bond donors (Lipinski definition) is 3. The number of amides is 1. The highest BCUT2D eigenvalue weighted by molar-refractivity contribution is 6.09. The van der Waals surface area contributed by atoms with E-state index < -0.39 is 0 Å². The molecule has 0 aliphatic rings. The summed E-state index contributed by atoms with van der Waals surface area (Å²) in [5, 5.41) is 22.3. The maximum atomic E-state index is 12.2. The molecule has 4 N–H and O–H groups in total. The molecule has 9 heteroatoms. The Morgan fingerprint density at radius 3 is 2.45 bits per heavy atom. The summed E-state index contributed by atoms with van der Waals surface area (Å²) < 4.78 is 3.03. The molecule has 0 fully saturated rings. The smallest absolute Gasteiger partial charge is 0.260 e. The van der Waals surface area contributed by atoms with Crippen molar-refractivity contribution < 1.29 is 10.0 Å². The maximum absolute atomic E-state index is 12.2. The van der Waals surface area contributed by atoms with Crippen molar-refractivity contribution in [2.45, 2.75) is 6.92 Å². The summed E-state index contributed by atoms with van der Waals surface area (Å²) in [5.74, 6) is -0.129. The predicted octanol–water partition coefficient (Wildman–Crippen LogP) is -0.191. The van der Waals surface area contributed by atoms with Crippen LogP contribution in [0.4, 0.5) is 5.82 Å². The molecule has 0 aliphatic heterocycles. The van der Waals surface area contributed by atoms with Gasteiger partial charge in [-0.1, -0.05) is 5.16 Å². The van der Waals surface area contributed by atoms with Gasteiger partial charge in [0.15, 0.2) is 5.84 Å². The first kappa shape index (κ1) is 13.6. The molecule has 0 atom stereocenters. The third-order valence-corrected chi connectivity index (χ3v) is 3.03. The molecule has 9 nitrogen and oxygen atoms in total. The van der Waals surface area contributed by atoms with Gasteiger partial charge < -0.3 is 16.3 Å². The number of carbonyl (C=O) groups excluding carboxylic acids is 1. The Hall–Kier alpha value is -2.84. The third-order valence-electron chi connectivity index (χ3n) is 3.03. The number of amidine groups is 1. The van der Waals surface area contributed by atoms with Crippen LogP contribution in [0, 0.1) is 6.92 Å². The molecule has 20 heavy (non-hydrogen) atoms. The molecular formula is C11H15N7O2. The first-order chi connectivity index (χ1) is 9.45. The molecule has 2 aromatic rings. The maximum Gasteiger partial charge on any atom is 0.260 e. The number of anilines is 1. The molecule has 2 heterocycles. The highest BCUT2D eigenvalue weighted by Crippen LogP contribution is 2.16. The van der Waals surface area contributed by atoms with E-state index in [1.54, 1.807) is 25.7 Å². The van der Waals surface area contributed by atoms with Crippen LogP contribution in [0.1, 0.15) is 21.6 Å². The number of nitrogens with one attached hydrogen (secondary N) is 1. The summed E-state index contributed by atoms with van der Waals surface area (Å²) in [4.78, 5) is 12.2. The molecule has 106 valence electrons. The van der Waals surface area contributed by atoms with Gasteiger partial charge in [0.25, 0.3) is 5.91 Å². The highest BCUT2D eigenvalue weighted by Gasteiger charge is 2.18. The van der Waals surface area contributed by atoms with E-state index in [9.17, 15) is 4.79 Å². The Morgan fingerprint density at radius 1 is 1.30 bits per heavy atom. The van der Waals surface area contributed by atoms with Crippen molar-refractivity contribution in [1.82, 2.24) is 19.6 Å². The van der Waals surface area contributed by atoms with E-state index in [-0.39, 0.29) is 11.7 Å². The molecule has 0 spiro atoms. The van der Waals surface area contributed by atoms with Gasteiger partial charge in [-0.25, -0.2) is 0 Å². The zero-order valence-corrected chi connectivity index (χ0v) is 11.3. The highest BCUT2D eigenvalue weighted by atomic mass is 16.4. The van der Waals surface area contributed by atoms with Crippen LogP contribution in [0.3, 0.4) is 0 Å². The number of aromatic nitrogens is 4. The molecule has 0 unspecified atom stereocenters. The summed E-state index contributed by atoms with van der Waals surface area (Å²) in [6, 6.07) is 0. The zero-order valence-electron chi connectivity index (χ0n) is 11.3. The minimum atomic E-state index is -0.341. The van der Waals surface area contributed by atoms with E-state index in [1.165, 1.54) is 17.1 Å². The van der Waals surface area contributed by atoms with Crippen molar-refractivity contribution in [2.75, 3.05) is 5.32 Å². The van der Waals surface area contributed by atoms with Gasteiger partial charge >= 0.3 is 0 Å². The molecule has 0 aromatic carbocycles. The average molecular weight is 277 g/mol. The topological polar surface area (TPSA) is 123 Å². The van der Waals surface area contributed by atoms with Crippen LogP contribution in [0.2, 0.25) is 0 Å². The zero-order chi connectivity index (χ0) is 14.9. The van der Waals surface area contributed by atoms with Crippen LogP contribution in [-0.4, -0.2) is 36.5 Å². The standard InChI is InChI=1S/C11H15N7O2/c1-6-7(4-13-17(6)2)11(19)15-10-8(9(12)16-20)5-14-18(10)3/h4-5,20H,1-3H3,(H2,12,16)(H,15,19). The number of nitrogens with zero attached hydrogens (tertiary/aromatic N) is 5. The van der Waals surface area contributed by atoms with E-state index in [1.807, 2.05) is 0 Å². The largest absolute Gasteiger partial charge is 0.409 e. The van der Waals surface area contributed by atoms with Gasteiger partial charge in [-0.15, -0.1) is 0 Å². The normalized spacial score (nSPS) is 11.7. The van der Waals surface area contributed by atoms with E-state index >= 15 is 0 Å². The van der Waals surface area contributed by atoms with Gasteiger partial charge in [0.1, 0.15) is 5.82 Å². The lowest BCUT2D eigenvalue weighted by Crippen LogP contribution is -2.20. The first-order valence-electron chi connectivity index (χ1n) is 5.75. The summed E-state index contributed by atoms with van der Waals surface area (Å²) in [5.41, 5.74) is 7.05. The van der Waals surface area contributed by atoms with Crippen molar-refractivity contribution in [3.63, 3.8) is 0 Å². The average Bonchev–Trinajstić information content (AvgIpc) is 2.94. The summed E-state index contributed by atoms with van der Waals surface area (Å²) >= 11 is 0. The molecule has 1 amide bonds. The molecule has 0 saturated carbocycles. The molecule has 2 aromatic heterocycles. The van der Waals surface area contributed by atoms with Gasteiger partial charge in [-0.3, -0.25) is 14.2 Å². The van der Waals surface area contributed by atoms with Crippen LogP contribution < -0.4 is 11.1 Å². The minimum absolute atomic E-state index is 0.128. The van der Waals surface area contributed by atoms with Gasteiger partial charge in [0.2, 0.25) is 0 Å². The van der Waals surface area contributed by atoms with Crippen molar-refractivity contribution in [3.05, 3.63) is 29.2 Å². The Balaban J connectivity index is 2.33. The quantitative estimate of drug-likeness (QED) is 0.310. The van der Waals surface area contributed by atoms with Crippen molar-refractivity contribution in [1.29, 1.82) is 0 Å². The van der Waals surface area contributed by atoms with E-state index in [2.05, 4.69) is 20.7 Å². The predicted molar refractivity (Wildman–Crippen MR) is 71.6 cm³/mol. The summed E-state index contributed by atoms with van der Waals surface area (Å²) in [7, 11) is 3.39. The number of aryl methyl sites for hydroxylation is 2. The Labute approximate surface area is 114 Å². The number of carbonyl (C=O) groups is 1. The SMILES string of the molecule is Cc1c(C(=O)Nc2c(C(N)=NO)cnn2C)cnn1C. The molecule has 0 radical (unpaired) electrons. The number of oxime groups is 1. The molecular weight excluding hydrogens is 262 g/mol. The van der Waals surface area contributed by atoms with E-state index in [0.717, 1.165) is 5.69 Å². The molecule has 2 rings (SSSR count). The lowest BCUT2D eigenvalue weighted by molar-refractivity contribution is 0.102. The van der Waals surface area contributed by atoms with Crippen molar-refractivity contribution in [3.8, 4) is 0 Å². The minimum Gasteiger partial charge on any atom is -0.409 e. The second-order valence-electron chi connectivity index (χ2n) is 4.24. The van der Waals surface area contributed by atoms with Crippen LogP contribution in [-0.2, 0) is 14.1 Å². The summed E-state index contributed by atoms with van der Waals surface area (Å²) in [6.45, 7) is 1.79. The van der Waals surface area contributed by atoms with Gasteiger partial charge in [-0.2, -0.15) is 10.2 Å². The van der Waals surface area contributed by atoms with Crippen LogP contribution in [0.5, 0.6) is 0 Å². The van der Waals surface area contributed by atoms with Gasteiger partial charge in [-0.05, 0) is 6.92 Å². The third kappa shape index (κ3) is 2.20. The number of hydrogen-bond acceptors (Lipinski definition) is 5. The summed E-state index contributed by atoms with van der Waals surface area (Å²) in [6.07, 6.45) is 2.88. The Bertz CT molecular complexity index is 683. The van der Waals surface area contributed by atoms with Crippen LogP contribution in [0.25, 0.3) is 0 Å². The molecule has 0 bridgehead atoms. The lowest BCUT2D eigenvalue weighted by atomic mass is 10.2. The fourth-order valence-electron chi connectivity index (χ4n) is 1.72. The Morgan fingerprint density at radius 2 is 1.90 bits per heavy atom. The van der Waals surface area contributed by atoms with Crippen molar-refractivity contribution in [2.24, 2.45) is 25.0 Å². The fraction of sp³-hybridized carbons (Fsp3) is 0.273. The van der Waals surface area contributed by atoms with Crippen molar-refractivity contribution >= 4 is 17.6 Å². The van der Waals surface area contributed by atoms with Gasteiger partial charge in [0, 0.05) is 19.8 Å². The number of rotatable bonds is 3. The van der Waals surface area contributed by atoms with E-state index in [0.29, 0.717) is 16.9 Å². The second kappa shape index (κ2) is 5.03. The Kier molecular flexibility index (Phi) is 3.42. The first-order valence-corrected chi connectivity index (χ1v) is 5.75. The second-order valence-corrected chi connectivity index (χ2v) is 4.24. The fourth-order valence-corrected chi connectivity index (χ4v) is 1.72. The molecule has 0 saturated heterocycles. The number of nitrogens with two attached hydrogens (primary N) is 1. The van der Waals surface area contributed by atoms with Crippen LogP contribution in [0.15, 0.2) is 17.5 Å². The monoisotopic (exact) mass is 277 g/mol. The lowest BCUT2D eigenvalue weighted by Gasteiger charge is -2.07. The van der Waals surface area contributed by atoms with Gasteiger partial charge in [0.05, 0.1) is 23.5 Å². The molecule has 0 aliphatic carbocycles. The van der Waals surface area contributed by atoms with E-state index in [4.69, 9.17) is 10.9 Å².